The van der Waals surface area contributed by atoms with Crippen LogP contribution in [0.1, 0.15) is 32.9 Å². The van der Waals surface area contributed by atoms with Crippen LogP contribution in [0.3, 0.4) is 0 Å². The Labute approximate surface area is 133 Å². The van der Waals surface area contributed by atoms with Crippen LogP contribution in [0.5, 0.6) is 0 Å². The van der Waals surface area contributed by atoms with Crippen molar-refractivity contribution in [2.45, 2.75) is 39.0 Å². The summed E-state index contributed by atoms with van der Waals surface area (Å²) in [5.41, 5.74) is -0.968. The lowest BCUT2D eigenvalue weighted by Gasteiger charge is -2.17. The number of rotatable bonds is 8. The molecule has 130 valence electrons. The molecular weight excluding hydrogens is 327 g/mol. The standard InChI is InChI=1S/C13H21N2O7P/c1-3-19-23(18,20-4-2)21-9-10-5-6-12(22-10)15-8-7-11(16)14-13(15)17/h7-8,10,12,18H,3-6,9H2,1-2H3/p+1. The van der Waals surface area contributed by atoms with Gasteiger partial charge in [-0.3, -0.25) is 14.3 Å². The molecule has 2 N–H and O–H groups in total. The third-order valence-corrected chi connectivity index (χ3v) is 4.90. The molecule has 1 saturated heterocycles. The predicted octanol–water partition coefficient (Wildman–Crippen LogP) is 0.974. The molecule has 1 aliphatic heterocycles. The molecule has 1 aliphatic rings. The Morgan fingerprint density at radius 1 is 1.30 bits per heavy atom. The lowest BCUT2D eigenvalue weighted by Crippen LogP contribution is -2.31. The summed E-state index contributed by atoms with van der Waals surface area (Å²) in [5, 5.41) is 0. The van der Waals surface area contributed by atoms with Crippen LogP contribution in [0.15, 0.2) is 21.9 Å². The smallest absolute Gasteiger partial charge is 0.352 e. The van der Waals surface area contributed by atoms with Crippen molar-refractivity contribution in [1.29, 1.82) is 0 Å². The summed E-state index contributed by atoms with van der Waals surface area (Å²) >= 11 is 0. The second-order valence-electron chi connectivity index (χ2n) is 4.91. The van der Waals surface area contributed by atoms with Crippen LogP contribution < -0.4 is 11.2 Å². The molecule has 2 rings (SSSR count). The van der Waals surface area contributed by atoms with E-state index in [1.54, 1.807) is 13.8 Å². The first-order valence-corrected chi connectivity index (χ1v) is 8.99. The zero-order valence-corrected chi connectivity index (χ0v) is 14.0. The Morgan fingerprint density at radius 3 is 2.61 bits per heavy atom. The molecule has 2 heterocycles. The molecule has 2 unspecified atom stereocenters. The van der Waals surface area contributed by atoms with Gasteiger partial charge in [-0.15, -0.1) is 0 Å². The highest BCUT2D eigenvalue weighted by Crippen LogP contribution is 2.58. The topological polar surface area (TPSA) is 112 Å². The van der Waals surface area contributed by atoms with Crippen molar-refractivity contribution in [2.75, 3.05) is 19.8 Å². The molecule has 10 heteroatoms. The van der Waals surface area contributed by atoms with E-state index in [2.05, 4.69) is 4.98 Å². The minimum Gasteiger partial charge on any atom is -0.352 e. The third kappa shape index (κ3) is 4.94. The van der Waals surface area contributed by atoms with Gasteiger partial charge in [0, 0.05) is 12.3 Å². The van der Waals surface area contributed by atoms with Crippen molar-refractivity contribution in [3.63, 3.8) is 0 Å². The molecule has 0 radical (unpaired) electrons. The molecule has 0 bridgehead atoms. The second kappa shape index (κ2) is 8.14. The molecule has 0 aromatic carbocycles. The summed E-state index contributed by atoms with van der Waals surface area (Å²) in [5.74, 6) is 0. The summed E-state index contributed by atoms with van der Waals surface area (Å²) in [6.45, 7) is 4.10. The number of nitrogens with zero attached hydrogens (tertiary/aromatic N) is 1. The zero-order chi connectivity index (χ0) is 16.9. The maximum atomic E-state index is 11.7. The van der Waals surface area contributed by atoms with Gasteiger partial charge in [0.05, 0.1) is 19.3 Å². The van der Waals surface area contributed by atoms with E-state index in [4.69, 9.17) is 18.3 Å². The molecule has 0 spiro atoms. The molecule has 0 aliphatic carbocycles. The van der Waals surface area contributed by atoms with Gasteiger partial charge < -0.3 is 4.74 Å². The average molecular weight is 349 g/mol. The first-order valence-electron chi connectivity index (χ1n) is 7.49. The molecule has 23 heavy (non-hydrogen) atoms. The highest BCUT2D eigenvalue weighted by atomic mass is 31.2. The van der Waals surface area contributed by atoms with Gasteiger partial charge in [-0.25, -0.2) is 4.79 Å². The van der Waals surface area contributed by atoms with Gasteiger partial charge in [-0.05, 0) is 26.7 Å². The first-order chi connectivity index (χ1) is 11.0. The highest BCUT2D eigenvalue weighted by molar-refractivity contribution is 7.55. The van der Waals surface area contributed by atoms with Crippen LogP contribution in [0.4, 0.5) is 0 Å². The van der Waals surface area contributed by atoms with Crippen LogP contribution in [-0.4, -0.2) is 40.4 Å². The number of hydrogen-bond donors (Lipinski definition) is 2. The largest absolute Gasteiger partial charge is 0.572 e. The summed E-state index contributed by atoms with van der Waals surface area (Å²) in [4.78, 5) is 35.1. The number of aromatic amines is 1. The molecule has 1 aromatic rings. The molecule has 9 nitrogen and oxygen atoms in total. The van der Waals surface area contributed by atoms with Crippen molar-refractivity contribution in [2.24, 2.45) is 0 Å². The van der Waals surface area contributed by atoms with Gasteiger partial charge in [-0.2, -0.15) is 18.5 Å². The summed E-state index contributed by atoms with van der Waals surface area (Å²) in [6, 6.07) is 1.27. The minimum atomic E-state index is -3.33. The lowest BCUT2D eigenvalue weighted by atomic mass is 10.2. The molecular formula is C13H22N2O7P+. The van der Waals surface area contributed by atoms with E-state index in [9.17, 15) is 14.5 Å². The first kappa shape index (κ1) is 18.3. The quantitative estimate of drug-likeness (QED) is 0.673. The number of hydrogen-bond acceptors (Lipinski definition) is 7. The molecule has 2 atom stereocenters. The number of ether oxygens (including phenoxy) is 1. The fourth-order valence-corrected chi connectivity index (χ4v) is 3.51. The van der Waals surface area contributed by atoms with Gasteiger partial charge in [0.15, 0.2) is 0 Å². The molecule has 1 fully saturated rings. The third-order valence-electron chi connectivity index (χ3n) is 3.25. The van der Waals surface area contributed by atoms with Crippen molar-refractivity contribution in [1.82, 2.24) is 9.55 Å². The Hall–Kier alpha value is -1.09. The van der Waals surface area contributed by atoms with Crippen LogP contribution in [0.25, 0.3) is 0 Å². The Balaban J connectivity index is 1.92. The maximum absolute atomic E-state index is 11.7. The zero-order valence-electron chi connectivity index (χ0n) is 13.1. The number of nitrogens with one attached hydrogen (secondary N) is 1. The van der Waals surface area contributed by atoms with E-state index in [0.29, 0.717) is 12.8 Å². The Bertz CT molecular complexity index is 611. The van der Waals surface area contributed by atoms with Gasteiger partial charge in [-0.1, -0.05) is 0 Å². The van der Waals surface area contributed by atoms with E-state index < -0.39 is 25.6 Å². The van der Waals surface area contributed by atoms with Gasteiger partial charge in [0.1, 0.15) is 12.8 Å². The van der Waals surface area contributed by atoms with Crippen LogP contribution in [-0.2, 0) is 18.3 Å². The number of H-pyrrole nitrogens is 1. The molecule has 1 aromatic heterocycles. The van der Waals surface area contributed by atoms with Gasteiger partial charge >= 0.3 is 13.9 Å². The summed E-state index contributed by atoms with van der Waals surface area (Å²) in [7, 11) is -3.33. The van der Waals surface area contributed by atoms with Crippen molar-refractivity contribution in [3.05, 3.63) is 33.1 Å². The molecule has 0 saturated carbocycles. The minimum absolute atomic E-state index is 0.0961. The monoisotopic (exact) mass is 349 g/mol. The second-order valence-corrected chi connectivity index (χ2v) is 6.62. The van der Waals surface area contributed by atoms with Crippen molar-refractivity contribution < 1.29 is 23.2 Å². The lowest BCUT2D eigenvalue weighted by molar-refractivity contribution is -0.0318. The predicted molar refractivity (Wildman–Crippen MR) is 82.8 cm³/mol. The van der Waals surface area contributed by atoms with E-state index in [-0.39, 0.29) is 25.9 Å². The fraction of sp³-hybridized carbons (Fsp3) is 0.692. The summed E-state index contributed by atoms with van der Waals surface area (Å²) in [6.07, 6.45) is 1.87. The van der Waals surface area contributed by atoms with Crippen LogP contribution >= 0.6 is 8.17 Å². The van der Waals surface area contributed by atoms with E-state index in [0.717, 1.165) is 0 Å². The van der Waals surface area contributed by atoms with Gasteiger partial charge in [0.2, 0.25) is 0 Å². The van der Waals surface area contributed by atoms with Crippen molar-refractivity contribution >= 4 is 8.17 Å². The van der Waals surface area contributed by atoms with E-state index in [1.165, 1.54) is 16.8 Å². The Morgan fingerprint density at radius 2 is 2.00 bits per heavy atom. The van der Waals surface area contributed by atoms with E-state index in [1.807, 2.05) is 0 Å². The Kier molecular flexibility index (Phi) is 6.46. The summed E-state index contributed by atoms with van der Waals surface area (Å²) < 4.78 is 22.7. The van der Waals surface area contributed by atoms with Crippen molar-refractivity contribution in [3.8, 4) is 0 Å². The molecule has 0 amide bonds. The normalized spacial score (nSPS) is 21.7. The highest BCUT2D eigenvalue weighted by Gasteiger charge is 2.45. The van der Waals surface area contributed by atoms with Gasteiger partial charge in [0.25, 0.3) is 5.56 Å². The van der Waals surface area contributed by atoms with E-state index >= 15 is 0 Å². The van der Waals surface area contributed by atoms with Crippen LogP contribution in [0.2, 0.25) is 0 Å². The average Bonchev–Trinajstić information content (AvgIpc) is 2.94. The van der Waals surface area contributed by atoms with Crippen LogP contribution in [0, 0.1) is 0 Å². The number of aromatic nitrogens is 2. The maximum Gasteiger partial charge on any atom is 0.572 e. The fourth-order valence-electron chi connectivity index (χ4n) is 2.28. The SMILES string of the molecule is CCO[P+](O)(OCC)OCC1CCC(n2ccc(=O)[nH]c2=O)O1.